The summed E-state index contributed by atoms with van der Waals surface area (Å²) >= 11 is 3.08. The molecule has 3 nitrogen and oxygen atoms in total. The monoisotopic (exact) mass is 362 g/mol. The van der Waals surface area contributed by atoms with Crippen LogP contribution in [0.15, 0.2) is 41.0 Å². The summed E-state index contributed by atoms with van der Waals surface area (Å²) in [7, 11) is 0. The minimum absolute atomic E-state index is 0.302. The summed E-state index contributed by atoms with van der Waals surface area (Å²) in [5.74, 6) is -1.99. The standard InChI is InChI=1S/C13H7BrF4N2O/c14-8-1-2-10(15)9(6-8)12(21)20-11-5-7(3-4-19-11)13(16,17)18/h1-6H,(H,19,20,21). The Morgan fingerprint density at radius 1 is 1.19 bits per heavy atom. The predicted octanol–water partition coefficient (Wildman–Crippen LogP) is 4.25. The van der Waals surface area contributed by atoms with Crippen molar-refractivity contribution in [3.63, 3.8) is 0 Å². The van der Waals surface area contributed by atoms with E-state index in [0.29, 0.717) is 10.5 Å². The van der Waals surface area contributed by atoms with Gasteiger partial charge in [0.2, 0.25) is 0 Å². The average Bonchev–Trinajstić information content (AvgIpc) is 2.41. The van der Waals surface area contributed by atoms with Gasteiger partial charge in [0.25, 0.3) is 5.91 Å². The number of alkyl halides is 3. The van der Waals surface area contributed by atoms with Crippen LogP contribution in [-0.4, -0.2) is 10.9 Å². The fourth-order valence-corrected chi connectivity index (χ4v) is 1.89. The van der Waals surface area contributed by atoms with Crippen LogP contribution in [0.3, 0.4) is 0 Å². The van der Waals surface area contributed by atoms with Gasteiger partial charge in [0.1, 0.15) is 11.6 Å². The van der Waals surface area contributed by atoms with E-state index in [0.717, 1.165) is 18.3 Å². The van der Waals surface area contributed by atoms with Gasteiger partial charge < -0.3 is 5.32 Å². The van der Waals surface area contributed by atoms with Crippen molar-refractivity contribution < 1.29 is 22.4 Å². The van der Waals surface area contributed by atoms with Crippen molar-refractivity contribution >= 4 is 27.7 Å². The van der Waals surface area contributed by atoms with Crippen molar-refractivity contribution in [3.8, 4) is 0 Å². The van der Waals surface area contributed by atoms with Gasteiger partial charge in [0, 0.05) is 10.7 Å². The zero-order valence-corrected chi connectivity index (χ0v) is 11.8. The Bertz CT molecular complexity index is 688. The Labute approximate surface area is 125 Å². The van der Waals surface area contributed by atoms with E-state index < -0.39 is 23.5 Å². The minimum Gasteiger partial charge on any atom is -0.306 e. The molecule has 110 valence electrons. The molecule has 0 unspecified atom stereocenters. The first kappa shape index (κ1) is 15.4. The average molecular weight is 363 g/mol. The van der Waals surface area contributed by atoms with Crippen LogP contribution < -0.4 is 5.32 Å². The second-order valence-corrected chi connectivity index (χ2v) is 4.92. The number of pyridine rings is 1. The maximum Gasteiger partial charge on any atom is 0.416 e. The van der Waals surface area contributed by atoms with Gasteiger partial charge in [-0.25, -0.2) is 9.37 Å². The van der Waals surface area contributed by atoms with Gasteiger partial charge in [-0.3, -0.25) is 4.79 Å². The van der Waals surface area contributed by atoms with E-state index in [9.17, 15) is 22.4 Å². The summed E-state index contributed by atoms with van der Waals surface area (Å²) in [6, 6.07) is 5.13. The quantitative estimate of drug-likeness (QED) is 0.811. The highest BCUT2D eigenvalue weighted by molar-refractivity contribution is 9.10. The molecule has 8 heteroatoms. The molecule has 21 heavy (non-hydrogen) atoms. The number of hydrogen-bond acceptors (Lipinski definition) is 2. The lowest BCUT2D eigenvalue weighted by molar-refractivity contribution is -0.137. The summed E-state index contributed by atoms with van der Waals surface area (Å²) in [5, 5.41) is 2.13. The van der Waals surface area contributed by atoms with Crippen LogP contribution in [0.4, 0.5) is 23.4 Å². The third-order valence-corrected chi connectivity index (χ3v) is 3.00. The highest BCUT2D eigenvalue weighted by atomic mass is 79.9. The summed E-state index contributed by atoms with van der Waals surface area (Å²) in [4.78, 5) is 15.5. The van der Waals surface area contributed by atoms with Crippen molar-refractivity contribution in [2.45, 2.75) is 6.18 Å². The lowest BCUT2D eigenvalue weighted by Gasteiger charge is -2.09. The predicted molar refractivity (Wildman–Crippen MR) is 71.3 cm³/mol. The second-order valence-electron chi connectivity index (χ2n) is 4.01. The Balaban J connectivity index is 2.26. The summed E-state index contributed by atoms with van der Waals surface area (Å²) in [5.41, 5.74) is -1.26. The first-order valence-electron chi connectivity index (χ1n) is 5.57. The van der Waals surface area contributed by atoms with Crippen molar-refractivity contribution in [2.75, 3.05) is 5.32 Å². The van der Waals surface area contributed by atoms with Crippen LogP contribution in [-0.2, 0) is 6.18 Å². The maximum absolute atomic E-state index is 13.5. The molecule has 0 bridgehead atoms. The Morgan fingerprint density at radius 2 is 1.90 bits per heavy atom. The normalized spacial score (nSPS) is 11.3. The third kappa shape index (κ3) is 3.78. The number of carbonyl (C=O) groups excluding carboxylic acids is 1. The van der Waals surface area contributed by atoms with E-state index in [1.165, 1.54) is 12.1 Å². The number of rotatable bonds is 2. The van der Waals surface area contributed by atoms with Gasteiger partial charge in [0.15, 0.2) is 0 Å². The van der Waals surface area contributed by atoms with Gasteiger partial charge in [-0.05, 0) is 30.3 Å². The van der Waals surface area contributed by atoms with Gasteiger partial charge in [0.05, 0.1) is 11.1 Å². The summed E-state index contributed by atoms with van der Waals surface area (Å²) < 4.78 is 51.6. The van der Waals surface area contributed by atoms with E-state index in [2.05, 4.69) is 26.2 Å². The second kappa shape index (κ2) is 5.80. The Kier molecular flexibility index (Phi) is 4.26. The SMILES string of the molecule is O=C(Nc1cc(C(F)(F)F)ccn1)c1cc(Br)ccc1F. The van der Waals surface area contributed by atoms with E-state index in [4.69, 9.17) is 0 Å². The van der Waals surface area contributed by atoms with E-state index in [1.54, 1.807) is 0 Å². The number of aromatic nitrogens is 1. The smallest absolute Gasteiger partial charge is 0.306 e. The Hall–Kier alpha value is -1.96. The van der Waals surface area contributed by atoms with E-state index in [-0.39, 0.29) is 11.4 Å². The van der Waals surface area contributed by atoms with Crippen LogP contribution in [0, 0.1) is 5.82 Å². The molecule has 1 heterocycles. The van der Waals surface area contributed by atoms with E-state index in [1.807, 2.05) is 0 Å². The molecule has 0 saturated heterocycles. The molecule has 1 amide bonds. The van der Waals surface area contributed by atoms with E-state index >= 15 is 0 Å². The molecular weight excluding hydrogens is 356 g/mol. The highest BCUT2D eigenvalue weighted by Crippen LogP contribution is 2.30. The van der Waals surface area contributed by atoms with Crippen LogP contribution in [0.1, 0.15) is 15.9 Å². The number of amides is 1. The fourth-order valence-electron chi connectivity index (χ4n) is 1.53. The molecule has 0 saturated carbocycles. The first-order valence-corrected chi connectivity index (χ1v) is 6.36. The van der Waals surface area contributed by atoms with Gasteiger partial charge in [-0.15, -0.1) is 0 Å². The zero-order chi connectivity index (χ0) is 15.6. The number of hydrogen-bond donors (Lipinski definition) is 1. The van der Waals surface area contributed by atoms with Gasteiger partial charge in [-0.1, -0.05) is 15.9 Å². The van der Waals surface area contributed by atoms with Crippen molar-refractivity contribution in [1.29, 1.82) is 0 Å². The molecule has 0 aliphatic rings. The minimum atomic E-state index is -4.55. The van der Waals surface area contributed by atoms with Crippen molar-refractivity contribution in [1.82, 2.24) is 4.98 Å². The molecule has 2 rings (SSSR count). The molecule has 0 aliphatic carbocycles. The topological polar surface area (TPSA) is 42.0 Å². The molecule has 0 aliphatic heterocycles. The zero-order valence-electron chi connectivity index (χ0n) is 10.2. The Morgan fingerprint density at radius 3 is 2.57 bits per heavy atom. The van der Waals surface area contributed by atoms with Crippen LogP contribution in [0.25, 0.3) is 0 Å². The maximum atomic E-state index is 13.5. The fraction of sp³-hybridized carbons (Fsp3) is 0.0769. The third-order valence-electron chi connectivity index (χ3n) is 2.50. The number of benzene rings is 1. The van der Waals surface area contributed by atoms with Crippen LogP contribution in [0.5, 0.6) is 0 Å². The summed E-state index contributed by atoms with van der Waals surface area (Å²) in [6.07, 6.45) is -3.64. The molecule has 0 radical (unpaired) electrons. The van der Waals surface area contributed by atoms with Gasteiger partial charge >= 0.3 is 6.18 Å². The number of carbonyl (C=O) groups is 1. The number of anilines is 1. The van der Waals surface area contributed by atoms with Crippen LogP contribution >= 0.6 is 15.9 Å². The van der Waals surface area contributed by atoms with Crippen molar-refractivity contribution in [2.24, 2.45) is 0 Å². The largest absolute Gasteiger partial charge is 0.416 e. The number of nitrogens with zero attached hydrogens (tertiary/aromatic N) is 1. The van der Waals surface area contributed by atoms with Gasteiger partial charge in [-0.2, -0.15) is 13.2 Å². The number of halogens is 5. The molecule has 1 N–H and O–H groups in total. The first-order chi connectivity index (χ1) is 9.77. The molecule has 0 spiro atoms. The molecule has 1 aromatic heterocycles. The molecule has 1 aromatic carbocycles. The number of nitrogens with one attached hydrogen (secondary N) is 1. The summed E-state index contributed by atoms with van der Waals surface area (Å²) in [6.45, 7) is 0. The molecular formula is C13H7BrF4N2O. The molecule has 0 fully saturated rings. The lowest BCUT2D eigenvalue weighted by atomic mass is 10.2. The molecule has 0 atom stereocenters. The van der Waals surface area contributed by atoms with Crippen molar-refractivity contribution in [3.05, 3.63) is 57.9 Å². The molecule has 2 aromatic rings. The van der Waals surface area contributed by atoms with Crippen LogP contribution in [0.2, 0.25) is 0 Å². The lowest BCUT2D eigenvalue weighted by Crippen LogP contribution is -2.15. The highest BCUT2D eigenvalue weighted by Gasteiger charge is 2.30.